The molecule has 1 N–H and O–H groups in total. The summed E-state index contributed by atoms with van der Waals surface area (Å²) in [5.41, 5.74) is 4.22. The lowest BCUT2D eigenvalue weighted by atomic mass is 9.82. The Labute approximate surface area is 98.7 Å². The van der Waals surface area contributed by atoms with Crippen LogP contribution in [0.15, 0.2) is 18.2 Å². The Morgan fingerprint density at radius 3 is 2.62 bits per heavy atom. The second-order valence-corrected chi connectivity index (χ2v) is 5.78. The van der Waals surface area contributed by atoms with Crippen LogP contribution in [-0.4, -0.2) is 19.6 Å². The van der Waals surface area contributed by atoms with E-state index in [9.17, 15) is 0 Å². The van der Waals surface area contributed by atoms with Crippen molar-refractivity contribution < 1.29 is 0 Å². The molecule has 2 heteroatoms. The van der Waals surface area contributed by atoms with Crippen LogP contribution in [-0.2, 0) is 0 Å². The van der Waals surface area contributed by atoms with Crippen molar-refractivity contribution in [1.82, 2.24) is 0 Å². The summed E-state index contributed by atoms with van der Waals surface area (Å²) < 4.78 is 0. The van der Waals surface area contributed by atoms with Crippen LogP contribution in [0.3, 0.4) is 0 Å². The summed E-state index contributed by atoms with van der Waals surface area (Å²) in [4.78, 5) is 2.15. The molecule has 1 unspecified atom stereocenters. The molecule has 1 aromatic carbocycles. The molecular formula is C14H22N2. The number of hydrogen-bond acceptors (Lipinski definition) is 2. The molecule has 0 spiro atoms. The van der Waals surface area contributed by atoms with E-state index in [1.807, 2.05) is 0 Å². The number of rotatable bonds is 1. The highest BCUT2D eigenvalue weighted by molar-refractivity contribution is 5.65. The quantitative estimate of drug-likeness (QED) is 0.776. The van der Waals surface area contributed by atoms with E-state index in [2.05, 4.69) is 63.3 Å². The summed E-state index contributed by atoms with van der Waals surface area (Å²) in [6.45, 7) is 6.86. The summed E-state index contributed by atoms with van der Waals surface area (Å²) in [5, 5.41) is 3.64. The summed E-state index contributed by atoms with van der Waals surface area (Å²) in [7, 11) is 4.16. The van der Waals surface area contributed by atoms with Crippen molar-refractivity contribution in [2.45, 2.75) is 38.6 Å². The van der Waals surface area contributed by atoms with Gasteiger partial charge in [-0.2, -0.15) is 0 Å². The zero-order chi connectivity index (χ0) is 11.9. The molecule has 1 heterocycles. The van der Waals surface area contributed by atoms with Crippen LogP contribution in [0, 0.1) is 0 Å². The Balaban J connectivity index is 2.42. The van der Waals surface area contributed by atoms with Crippen molar-refractivity contribution in [3.8, 4) is 0 Å². The summed E-state index contributed by atoms with van der Waals surface area (Å²) in [5.74, 6) is 0.641. The minimum Gasteiger partial charge on any atom is -0.380 e. The lowest BCUT2D eigenvalue weighted by Gasteiger charge is -2.38. The Kier molecular flexibility index (Phi) is 2.61. The molecule has 1 aromatic rings. The zero-order valence-electron chi connectivity index (χ0n) is 11.0. The number of fused-ring (bicyclic) bond motifs is 1. The fourth-order valence-electron chi connectivity index (χ4n) is 2.65. The summed E-state index contributed by atoms with van der Waals surface area (Å²) in [6, 6.07) is 6.72. The number of benzene rings is 1. The van der Waals surface area contributed by atoms with Gasteiger partial charge in [-0.25, -0.2) is 0 Å². The molecule has 1 aliphatic rings. The van der Waals surface area contributed by atoms with Gasteiger partial charge in [0.25, 0.3) is 0 Å². The van der Waals surface area contributed by atoms with Gasteiger partial charge in [-0.1, -0.05) is 13.0 Å². The van der Waals surface area contributed by atoms with E-state index in [4.69, 9.17) is 0 Å². The third kappa shape index (κ3) is 2.01. The normalized spacial score (nSPS) is 22.2. The molecule has 1 atom stereocenters. The number of nitrogens with zero attached hydrogens (tertiary/aromatic N) is 1. The van der Waals surface area contributed by atoms with Gasteiger partial charge < -0.3 is 10.2 Å². The lowest BCUT2D eigenvalue weighted by Crippen LogP contribution is -2.36. The highest BCUT2D eigenvalue weighted by atomic mass is 15.1. The third-order valence-electron chi connectivity index (χ3n) is 3.37. The second-order valence-electron chi connectivity index (χ2n) is 5.78. The minimum absolute atomic E-state index is 0.206. The van der Waals surface area contributed by atoms with Crippen molar-refractivity contribution in [3.63, 3.8) is 0 Å². The van der Waals surface area contributed by atoms with Gasteiger partial charge >= 0.3 is 0 Å². The van der Waals surface area contributed by atoms with Crippen molar-refractivity contribution in [3.05, 3.63) is 23.8 Å². The van der Waals surface area contributed by atoms with Gasteiger partial charge in [-0.05, 0) is 43.9 Å². The Morgan fingerprint density at radius 1 is 1.31 bits per heavy atom. The molecule has 0 amide bonds. The Morgan fingerprint density at radius 2 is 2.00 bits per heavy atom. The molecule has 0 fully saturated rings. The number of anilines is 2. The molecule has 2 rings (SSSR count). The molecule has 1 aliphatic heterocycles. The van der Waals surface area contributed by atoms with Gasteiger partial charge in [0.15, 0.2) is 0 Å². The molecule has 0 aromatic heterocycles. The first-order chi connectivity index (χ1) is 7.39. The van der Waals surface area contributed by atoms with Gasteiger partial charge in [0, 0.05) is 31.0 Å². The van der Waals surface area contributed by atoms with Crippen LogP contribution in [0.25, 0.3) is 0 Å². The van der Waals surface area contributed by atoms with E-state index < -0.39 is 0 Å². The summed E-state index contributed by atoms with van der Waals surface area (Å²) >= 11 is 0. The van der Waals surface area contributed by atoms with Gasteiger partial charge in [0.05, 0.1) is 0 Å². The zero-order valence-corrected chi connectivity index (χ0v) is 11.0. The maximum absolute atomic E-state index is 3.64. The van der Waals surface area contributed by atoms with E-state index in [1.54, 1.807) is 0 Å². The molecule has 0 aliphatic carbocycles. The highest BCUT2D eigenvalue weighted by Gasteiger charge is 2.29. The maximum atomic E-state index is 3.64. The fraction of sp³-hybridized carbons (Fsp3) is 0.571. The van der Waals surface area contributed by atoms with Crippen LogP contribution >= 0.6 is 0 Å². The van der Waals surface area contributed by atoms with E-state index in [0.717, 1.165) is 0 Å². The van der Waals surface area contributed by atoms with Crippen LogP contribution in [0.4, 0.5) is 11.4 Å². The molecule has 0 radical (unpaired) electrons. The van der Waals surface area contributed by atoms with E-state index in [-0.39, 0.29) is 5.54 Å². The first-order valence-electron chi connectivity index (χ1n) is 5.98. The van der Waals surface area contributed by atoms with Crippen LogP contribution in [0.1, 0.15) is 38.7 Å². The highest BCUT2D eigenvalue weighted by Crippen LogP contribution is 2.39. The fourth-order valence-corrected chi connectivity index (χ4v) is 2.65. The van der Waals surface area contributed by atoms with Crippen molar-refractivity contribution in [2.75, 3.05) is 24.3 Å². The average molecular weight is 218 g/mol. The van der Waals surface area contributed by atoms with Crippen LogP contribution in [0.2, 0.25) is 0 Å². The largest absolute Gasteiger partial charge is 0.380 e. The van der Waals surface area contributed by atoms with Crippen LogP contribution in [0.5, 0.6) is 0 Å². The summed E-state index contributed by atoms with van der Waals surface area (Å²) in [6.07, 6.45) is 1.20. The molecule has 88 valence electrons. The molecule has 0 bridgehead atoms. The van der Waals surface area contributed by atoms with E-state index >= 15 is 0 Å². The van der Waals surface area contributed by atoms with E-state index in [0.29, 0.717) is 5.92 Å². The van der Waals surface area contributed by atoms with Crippen molar-refractivity contribution in [2.24, 2.45) is 0 Å². The van der Waals surface area contributed by atoms with Crippen molar-refractivity contribution >= 4 is 11.4 Å². The average Bonchev–Trinajstić information content (AvgIpc) is 2.14. The third-order valence-corrected chi connectivity index (χ3v) is 3.37. The van der Waals surface area contributed by atoms with Gasteiger partial charge in [-0.3, -0.25) is 0 Å². The second kappa shape index (κ2) is 3.69. The first-order valence-corrected chi connectivity index (χ1v) is 5.98. The smallest absolute Gasteiger partial charge is 0.0400 e. The monoisotopic (exact) mass is 218 g/mol. The first kappa shape index (κ1) is 11.3. The predicted octanol–water partition coefficient (Wildman–Crippen LogP) is 3.45. The SMILES string of the molecule is CC1CC(C)(C)Nc2cc(N(C)C)ccc21. The standard InChI is InChI=1S/C14H22N2/c1-10-9-14(2,3)15-13-8-11(16(4)5)6-7-12(10)13/h6-8,10,15H,9H2,1-5H3. The molecular weight excluding hydrogens is 196 g/mol. The number of hydrogen-bond donors (Lipinski definition) is 1. The van der Waals surface area contributed by atoms with Gasteiger partial charge in [0.2, 0.25) is 0 Å². The van der Waals surface area contributed by atoms with Gasteiger partial charge in [-0.15, -0.1) is 0 Å². The molecule has 0 saturated carbocycles. The van der Waals surface area contributed by atoms with E-state index in [1.165, 1.54) is 23.4 Å². The Bertz CT molecular complexity index is 394. The molecule has 0 saturated heterocycles. The van der Waals surface area contributed by atoms with Crippen LogP contribution < -0.4 is 10.2 Å². The van der Waals surface area contributed by atoms with Gasteiger partial charge in [0.1, 0.15) is 0 Å². The molecule has 2 nitrogen and oxygen atoms in total. The number of nitrogens with one attached hydrogen (secondary N) is 1. The maximum Gasteiger partial charge on any atom is 0.0400 e. The van der Waals surface area contributed by atoms with Crippen molar-refractivity contribution in [1.29, 1.82) is 0 Å². The minimum atomic E-state index is 0.206. The predicted molar refractivity (Wildman–Crippen MR) is 71.5 cm³/mol. The Hall–Kier alpha value is -1.18. The molecule has 16 heavy (non-hydrogen) atoms. The lowest BCUT2D eigenvalue weighted by molar-refractivity contribution is 0.454. The topological polar surface area (TPSA) is 15.3 Å².